The van der Waals surface area contributed by atoms with E-state index in [-0.39, 0.29) is 6.10 Å². The highest BCUT2D eigenvalue weighted by Gasteiger charge is 2.12. The smallest absolute Gasteiger partial charge is 0.0958 e. The van der Waals surface area contributed by atoms with Crippen LogP contribution in [0.5, 0.6) is 0 Å². The Morgan fingerprint density at radius 1 is 1.22 bits per heavy atom. The first-order valence-corrected chi connectivity index (χ1v) is 7.57. The van der Waals surface area contributed by atoms with Crippen molar-refractivity contribution in [3.05, 3.63) is 56.7 Å². The molecule has 0 saturated carbocycles. The molecule has 0 aliphatic carbocycles. The van der Waals surface area contributed by atoms with Crippen LogP contribution in [0.15, 0.2) is 46.3 Å². The van der Waals surface area contributed by atoms with Gasteiger partial charge in [-0.15, -0.1) is 11.3 Å². The van der Waals surface area contributed by atoms with Crippen molar-refractivity contribution in [2.45, 2.75) is 12.5 Å². The molecule has 0 bridgehead atoms. The van der Waals surface area contributed by atoms with Crippen LogP contribution in [-0.2, 0) is 11.2 Å². The average Bonchev–Trinajstić information content (AvgIpc) is 2.89. The van der Waals surface area contributed by atoms with Crippen molar-refractivity contribution in [3.8, 4) is 0 Å². The van der Waals surface area contributed by atoms with Gasteiger partial charge in [0, 0.05) is 22.3 Å². The van der Waals surface area contributed by atoms with Gasteiger partial charge in [-0.2, -0.15) is 0 Å². The predicted molar refractivity (Wildman–Crippen MR) is 79.9 cm³/mol. The summed E-state index contributed by atoms with van der Waals surface area (Å²) in [6.07, 6.45) is 0.902. The summed E-state index contributed by atoms with van der Waals surface area (Å²) in [5, 5.41) is 2.09. The van der Waals surface area contributed by atoms with Gasteiger partial charge in [0.1, 0.15) is 0 Å². The third-order valence-electron chi connectivity index (χ3n) is 2.71. The van der Waals surface area contributed by atoms with Crippen molar-refractivity contribution in [2.75, 3.05) is 13.2 Å². The average molecular weight is 326 g/mol. The molecule has 1 heterocycles. The zero-order chi connectivity index (χ0) is 12.8. The molecule has 0 aliphatic heterocycles. The highest BCUT2D eigenvalue weighted by atomic mass is 79.9. The Morgan fingerprint density at radius 3 is 2.72 bits per heavy atom. The fraction of sp³-hybridized carbons (Fsp3) is 0.286. The molecule has 0 spiro atoms. The molecule has 0 radical (unpaired) electrons. The van der Waals surface area contributed by atoms with E-state index >= 15 is 0 Å². The van der Waals surface area contributed by atoms with Crippen LogP contribution in [0.4, 0.5) is 0 Å². The summed E-state index contributed by atoms with van der Waals surface area (Å²) >= 11 is 5.30. The number of benzene rings is 1. The van der Waals surface area contributed by atoms with E-state index in [0.717, 1.165) is 16.5 Å². The second kappa shape index (κ2) is 7.04. The predicted octanol–water partition coefficient (Wildman–Crippen LogP) is 3.77. The molecule has 0 amide bonds. The second-order valence-corrected chi connectivity index (χ2v) is 5.83. The summed E-state index contributed by atoms with van der Waals surface area (Å²) in [5.41, 5.74) is 6.91. The van der Waals surface area contributed by atoms with Crippen LogP contribution in [0.25, 0.3) is 0 Å². The van der Waals surface area contributed by atoms with Crippen molar-refractivity contribution in [1.82, 2.24) is 0 Å². The Kier molecular flexibility index (Phi) is 5.38. The van der Waals surface area contributed by atoms with Crippen molar-refractivity contribution in [3.63, 3.8) is 0 Å². The van der Waals surface area contributed by atoms with Gasteiger partial charge in [0.15, 0.2) is 0 Å². The molecule has 2 nitrogen and oxygen atoms in total. The van der Waals surface area contributed by atoms with Gasteiger partial charge in [-0.1, -0.05) is 40.2 Å². The maximum absolute atomic E-state index is 5.88. The molecule has 2 rings (SSSR count). The van der Waals surface area contributed by atoms with E-state index in [0.29, 0.717) is 13.2 Å². The van der Waals surface area contributed by atoms with E-state index in [9.17, 15) is 0 Å². The first-order valence-electron chi connectivity index (χ1n) is 5.89. The standard InChI is InChI=1S/C14H16BrNOS/c15-13-6-2-1-5-12(13)14(10-16)17-8-7-11-4-3-9-18-11/h1-6,9,14H,7-8,10,16H2. The quantitative estimate of drug-likeness (QED) is 0.877. The maximum Gasteiger partial charge on any atom is 0.0958 e. The zero-order valence-corrected chi connectivity index (χ0v) is 12.4. The van der Waals surface area contributed by atoms with Crippen LogP contribution in [0.3, 0.4) is 0 Å². The van der Waals surface area contributed by atoms with Gasteiger partial charge < -0.3 is 10.5 Å². The third kappa shape index (κ3) is 3.65. The molecule has 4 heteroatoms. The van der Waals surface area contributed by atoms with Gasteiger partial charge in [0.05, 0.1) is 12.7 Å². The fourth-order valence-electron chi connectivity index (χ4n) is 1.78. The summed E-state index contributed by atoms with van der Waals surface area (Å²) in [6, 6.07) is 12.3. The molecule has 1 aromatic carbocycles. The molecule has 1 atom stereocenters. The molecule has 18 heavy (non-hydrogen) atoms. The number of hydrogen-bond acceptors (Lipinski definition) is 3. The van der Waals surface area contributed by atoms with Gasteiger partial charge in [0.25, 0.3) is 0 Å². The van der Waals surface area contributed by atoms with Gasteiger partial charge in [-0.3, -0.25) is 0 Å². The molecule has 1 aromatic heterocycles. The maximum atomic E-state index is 5.88. The Bertz CT molecular complexity index is 472. The zero-order valence-electron chi connectivity index (χ0n) is 10.0. The van der Waals surface area contributed by atoms with Crippen LogP contribution >= 0.6 is 27.3 Å². The largest absolute Gasteiger partial charge is 0.372 e. The highest BCUT2D eigenvalue weighted by Crippen LogP contribution is 2.25. The molecule has 96 valence electrons. The van der Waals surface area contributed by atoms with Crippen LogP contribution < -0.4 is 5.73 Å². The van der Waals surface area contributed by atoms with E-state index in [1.165, 1.54) is 4.88 Å². The van der Waals surface area contributed by atoms with Gasteiger partial charge in [-0.05, 0) is 23.1 Å². The monoisotopic (exact) mass is 325 g/mol. The van der Waals surface area contributed by atoms with Crippen LogP contribution in [0, 0.1) is 0 Å². The minimum atomic E-state index is -0.0412. The van der Waals surface area contributed by atoms with Crippen LogP contribution in [-0.4, -0.2) is 13.2 Å². The van der Waals surface area contributed by atoms with E-state index in [4.69, 9.17) is 10.5 Å². The van der Waals surface area contributed by atoms with Crippen molar-refractivity contribution < 1.29 is 4.74 Å². The SMILES string of the molecule is NCC(OCCc1cccs1)c1ccccc1Br. The van der Waals surface area contributed by atoms with Crippen LogP contribution in [0.1, 0.15) is 16.5 Å². The van der Waals surface area contributed by atoms with Crippen molar-refractivity contribution in [2.24, 2.45) is 5.73 Å². The number of halogens is 1. The Labute approximate surface area is 120 Å². The van der Waals surface area contributed by atoms with E-state index in [2.05, 4.69) is 33.4 Å². The molecular formula is C14H16BrNOS. The Morgan fingerprint density at radius 2 is 2.06 bits per heavy atom. The minimum Gasteiger partial charge on any atom is -0.372 e. The van der Waals surface area contributed by atoms with Crippen molar-refractivity contribution in [1.29, 1.82) is 0 Å². The number of rotatable bonds is 6. The molecule has 0 saturated heterocycles. The lowest BCUT2D eigenvalue weighted by Crippen LogP contribution is -2.17. The highest BCUT2D eigenvalue weighted by molar-refractivity contribution is 9.10. The lowest BCUT2D eigenvalue weighted by Gasteiger charge is -2.17. The topological polar surface area (TPSA) is 35.2 Å². The first-order chi connectivity index (χ1) is 8.81. The molecular weight excluding hydrogens is 310 g/mol. The summed E-state index contributed by atoms with van der Waals surface area (Å²) in [4.78, 5) is 1.35. The summed E-state index contributed by atoms with van der Waals surface area (Å²) < 4.78 is 6.94. The molecule has 2 aromatic rings. The Hall–Kier alpha value is -0.680. The number of nitrogens with two attached hydrogens (primary N) is 1. The van der Waals surface area contributed by atoms with E-state index in [1.807, 2.05) is 24.3 Å². The van der Waals surface area contributed by atoms with E-state index in [1.54, 1.807) is 11.3 Å². The van der Waals surface area contributed by atoms with Crippen molar-refractivity contribution >= 4 is 27.3 Å². The number of ether oxygens (including phenoxy) is 1. The molecule has 0 fully saturated rings. The summed E-state index contributed by atoms with van der Waals surface area (Å²) in [7, 11) is 0. The molecule has 0 aliphatic rings. The van der Waals surface area contributed by atoms with Gasteiger partial charge >= 0.3 is 0 Å². The normalized spacial score (nSPS) is 12.6. The molecule has 1 unspecified atom stereocenters. The number of thiophene rings is 1. The summed E-state index contributed by atoms with van der Waals surface area (Å²) in [6.45, 7) is 1.19. The third-order valence-corrected chi connectivity index (χ3v) is 4.37. The fourth-order valence-corrected chi connectivity index (χ4v) is 3.01. The second-order valence-electron chi connectivity index (χ2n) is 3.95. The van der Waals surface area contributed by atoms with Gasteiger partial charge in [-0.25, -0.2) is 0 Å². The first kappa shape index (κ1) is 13.7. The van der Waals surface area contributed by atoms with Crippen LogP contribution in [0.2, 0.25) is 0 Å². The molecule has 2 N–H and O–H groups in total. The minimum absolute atomic E-state index is 0.0412. The summed E-state index contributed by atoms with van der Waals surface area (Å²) in [5.74, 6) is 0. The number of hydrogen-bond donors (Lipinski definition) is 1. The van der Waals surface area contributed by atoms with Gasteiger partial charge in [0.2, 0.25) is 0 Å². The van der Waals surface area contributed by atoms with E-state index < -0.39 is 0 Å². The lowest BCUT2D eigenvalue weighted by atomic mass is 10.1. The Balaban J connectivity index is 1.91. The lowest BCUT2D eigenvalue weighted by molar-refractivity contribution is 0.0607.